The van der Waals surface area contributed by atoms with Crippen LogP contribution in [-0.4, -0.2) is 30.5 Å². The van der Waals surface area contributed by atoms with E-state index in [1.807, 2.05) is 25.1 Å². The molecule has 1 fully saturated rings. The number of benzene rings is 2. The molecule has 3 rings (SSSR count). The van der Waals surface area contributed by atoms with Gasteiger partial charge in [0, 0.05) is 29.8 Å². The fourth-order valence-corrected chi connectivity index (χ4v) is 3.73. The molecular formula is C24H27N3O5. The normalized spacial score (nSPS) is 16.9. The number of amides is 3. The Balaban J connectivity index is 2.12. The average molecular weight is 437 g/mol. The molecule has 1 aliphatic rings. The third-order valence-corrected chi connectivity index (χ3v) is 5.48. The standard InChI is InChI=1S/C24H27N3O5/c1-14(15-6-8-18(9-7-15)27(30)31)10-17-11-16(19-13-25-23(29)26-22(19)28)12-20(21(17)32-5)24(2,3)4/h6-12,19H,13H2,1-5H3,(H2,25,26,28,29)/b14-10+. The van der Waals surface area contributed by atoms with Crippen LogP contribution in [0.15, 0.2) is 36.4 Å². The predicted molar refractivity (Wildman–Crippen MR) is 123 cm³/mol. The number of nitro benzene ring substituents is 1. The Morgan fingerprint density at radius 2 is 1.84 bits per heavy atom. The molecule has 0 radical (unpaired) electrons. The van der Waals surface area contributed by atoms with Crippen LogP contribution in [0.3, 0.4) is 0 Å². The Hall–Kier alpha value is -3.68. The highest BCUT2D eigenvalue weighted by molar-refractivity contribution is 6.00. The van der Waals surface area contributed by atoms with E-state index >= 15 is 0 Å². The summed E-state index contributed by atoms with van der Waals surface area (Å²) in [6.45, 7) is 8.32. The second-order valence-electron chi connectivity index (χ2n) is 8.82. The molecule has 2 aromatic rings. The number of nitro groups is 1. The Morgan fingerprint density at radius 1 is 1.19 bits per heavy atom. The molecule has 168 valence electrons. The zero-order valence-corrected chi connectivity index (χ0v) is 18.8. The molecule has 3 amide bonds. The zero-order valence-electron chi connectivity index (χ0n) is 18.8. The molecule has 1 heterocycles. The number of nitrogens with one attached hydrogen (secondary N) is 2. The number of methoxy groups -OCH3 is 1. The van der Waals surface area contributed by atoms with Crippen molar-refractivity contribution >= 4 is 29.3 Å². The van der Waals surface area contributed by atoms with E-state index in [0.717, 1.165) is 27.8 Å². The quantitative estimate of drug-likeness (QED) is 0.410. The molecule has 2 N–H and O–H groups in total. The summed E-state index contributed by atoms with van der Waals surface area (Å²) < 4.78 is 5.77. The lowest BCUT2D eigenvalue weighted by atomic mass is 9.81. The van der Waals surface area contributed by atoms with E-state index in [0.29, 0.717) is 5.75 Å². The highest BCUT2D eigenvalue weighted by Gasteiger charge is 2.30. The first-order valence-corrected chi connectivity index (χ1v) is 10.3. The summed E-state index contributed by atoms with van der Waals surface area (Å²) in [5, 5.41) is 15.9. The predicted octanol–water partition coefficient (Wildman–Crippen LogP) is 4.38. The van der Waals surface area contributed by atoms with Crippen molar-refractivity contribution in [3.8, 4) is 5.75 Å². The maximum absolute atomic E-state index is 12.5. The van der Waals surface area contributed by atoms with Gasteiger partial charge < -0.3 is 10.1 Å². The second kappa shape index (κ2) is 8.82. The Morgan fingerprint density at radius 3 is 2.38 bits per heavy atom. The van der Waals surface area contributed by atoms with Crippen LogP contribution >= 0.6 is 0 Å². The molecule has 2 aromatic carbocycles. The molecular weight excluding hydrogens is 410 g/mol. The van der Waals surface area contributed by atoms with E-state index in [9.17, 15) is 19.7 Å². The Kier molecular flexibility index (Phi) is 6.34. The average Bonchev–Trinajstić information content (AvgIpc) is 2.72. The minimum Gasteiger partial charge on any atom is -0.496 e. The summed E-state index contributed by atoms with van der Waals surface area (Å²) in [4.78, 5) is 34.5. The van der Waals surface area contributed by atoms with Crippen LogP contribution in [0.4, 0.5) is 10.5 Å². The lowest BCUT2D eigenvalue weighted by molar-refractivity contribution is -0.384. The van der Waals surface area contributed by atoms with Gasteiger partial charge in [0.1, 0.15) is 5.75 Å². The third kappa shape index (κ3) is 4.80. The number of non-ortho nitro benzene ring substituents is 1. The van der Waals surface area contributed by atoms with Gasteiger partial charge in [0.05, 0.1) is 18.0 Å². The molecule has 1 atom stereocenters. The summed E-state index contributed by atoms with van der Waals surface area (Å²) in [6.07, 6.45) is 1.94. The number of hydrogen-bond donors (Lipinski definition) is 2. The van der Waals surface area contributed by atoms with E-state index < -0.39 is 16.9 Å². The van der Waals surface area contributed by atoms with Crippen LogP contribution in [0.5, 0.6) is 5.75 Å². The molecule has 0 bridgehead atoms. The summed E-state index contributed by atoms with van der Waals surface area (Å²) in [7, 11) is 1.61. The van der Waals surface area contributed by atoms with Crippen molar-refractivity contribution in [2.45, 2.75) is 39.0 Å². The number of nitrogens with zero attached hydrogens (tertiary/aromatic N) is 1. The van der Waals surface area contributed by atoms with Gasteiger partial charge in [-0.25, -0.2) is 4.79 Å². The summed E-state index contributed by atoms with van der Waals surface area (Å²) in [6, 6.07) is 9.70. The Labute approximate surface area is 186 Å². The molecule has 0 saturated carbocycles. The smallest absolute Gasteiger partial charge is 0.321 e. The van der Waals surface area contributed by atoms with Gasteiger partial charge in [-0.1, -0.05) is 26.8 Å². The summed E-state index contributed by atoms with van der Waals surface area (Å²) in [5.74, 6) is -0.171. The van der Waals surface area contributed by atoms with E-state index in [4.69, 9.17) is 4.74 Å². The highest BCUT2D eigenvalue weighted by Crippen LogP contribution is 2.39. The van der Waals surface area contributed by atoms with Crippen LogP contribution in [0.2, 0.25) is 0 Å². The number of rotatable bonds is 5. The van der Waals surface area contributed by atoms with Gasteiger partial charge in [0.2, 0.25) is 5.91 Å². The molecule has 1 saturated heterocycles. The molecule has 8 nitrogen and oxygen atoms in total. The maximum atomic E-state index is 12.5. The third-order valence-electron chi connectivity index (χ3n) is 5.48. The van der Waals surface area contributed by atoms with Crippen molar-refractivity contribution in [3.63, 3.8) is 0 Å². The molecule has 0 aliphatic carbocycles. The second-order valence-corrected chi connectivity index (χ2v) is 8.82. The minimum atomic E-state index is -0.522. The van der Waals surface area contributed by atoms with Crippen molar-refractivity contribution in [1.82, 2.24) is 10.6 Å². The van der Waals surface area contributed by atoms with Crippen LogP contribution in [-0.2, 0) is 10.2 Å². The number of ether oxygens (including phenoxy) is 1. The Bertz CT molecular complexity index is 1100. The lowest BCUT2D eigenvalue weighted by Gasteiger charge is -2.28. The van der Waals surface area contributed by atoms with Gasteiger partial charge in [-0.15, -0.1) is 0 Å². The molecule has 8 heteroatoms. The highest BCUT2D eigenvalue weighted by atomic mass is 16.6. The largest absolute Gasteiger partial charge is 0.496 e. The van der Waals surface area contributed by atoms with E-state index in [1.165, 1.54) is 12.1 Å². The zero-order chi connectivity index (χ0) is 23.6. The van der Waals surface area contributed by atoms with Crippen LogP contribution < -0.4 is 15.4 Å². The molecule has 32 heavy (non-hydrogen) atoms. The first kappa shape index (κ1) is 23.0. The van der Waals surface area contributed by atoms with Gasteiger partial charge >= 0.3 is 6.03 Å². The number of carbonyl (C=O) groups excluding carboxylic acids is 2. The monoisotopic (exact) mass is 437 g/mol. The minimum absolute atomic E-state index is 0.0292. The van der Waals surface area contributed by atoms with Gasteiger partial charge in [-0.05, 0) is 53.3 Å². The summed E-state index contributed by atoms with van der Waals surface area (Å²) in [5.41, 5.74) is 3.98. The number of carbonyl (C=O) groups is 2. The van der Waals surface area contributed by atoms with Crippen LogP contribution in [0.1, 0.15) is 55.9 Å². The summed E-state index contributed by atoms with van der Waals surface area (Å²) >= 11 is 0. The van der Waals surface area contributed by atoms with E-state index in [2.05, 4.69) is 31.4 Å². The topological polar surface area (TPSA) is 111 Å². The number of allylic oxidation sites excluding steroid dienone is 1. The lowest BCUT2D eigenvalue weighted by Crippen LogP contribution is -2.51. The van der Waals surface area contributed by atoms with Crippen LogP contribution in [0.25, 0.3) is 11.6 Å². The number of imide groups is 1. The molecule has 1 aliphatic heterocycles. The number of urea groups is 1. The molecule has 0 spiro atoms. The molecule has 0 aromatic heterocycles. The van der Waals surface area contributed by atoms with Gasteiger partial charge in [-0.2, -0.15) is 0 Å². The van der Waals surface area contributed by atoms with Crippen molar-refractivity contribution < 1.29 is 19.2 Å². The maximum Gasteiger partial charge on any atom is 0.321 e. The van der Waals surface area contributed by atoms with Crippen molar-refractivity contribution in [1.29, 1.82) is 0 Å². The SMILES string of the molecule is COc1c(/C=C(\C)c2ccc([N+](=O)[O-])cc2)cc(C2CNC(=O)NC2=O)cc1C(C)(C)C. The first-order valence-electron chi connectivity index (χ1n) is 10.3. The molecule has 1 unspecified atom stereocenters. The van der Waals surface area contributed by atoms with Gasteiger partial charge in [0.25, 0.3) is 5.69 Å². The fraction of sp³-hybridized carbons (Fsp3) is 0.333. The first-order chi connectivity index (χ1) is 15.0. The van der Waals surface area contributed by atoms with Gasteiger partial charge in [0.15, 0.2) is 0 Å². The van der Waals surface area contributed by atoms with Crippen molar-refractivity contribution in [2.24, 2.45) is 0 Å². The number of hydrogen-bond acceptors (Lipinski definition) is 5. The van der Waals surface area contributed by atoms with Gasteiger partial charge in [-0.3, -0.25) is 20.2 Å². The van der Waals surface area contributed by atoms with Crippen molar-refractivity contribution in [2.75, 3.05) is 13.7 Å². The fourth-order valence-electron chi connectivity index (χ4n) is 3.73. The van der Waals surface area contributed by atoms with E-state index in [1.54, 1.807) is 19.2 Å². The van der Waals surface area contributed by atoms with Crippen LogP contribution in [0, 0.1) is 10.1 Å². The van der Waals surface area contributed by atoms with E-state index in [-0.39, 0.29) is 23.6 Å². The van der Waals surface area contributed by atoms with Crippen molar-refractivity contribution in [3.05, 3.63) is 68.8 Å².